The number of hydrogen-bond donors (Lipinski definition) is 2. The van der Waals surface area contributed by atoms with Crippen LogP contribution in [0.3, 0.4) is 0 Å². The van der Waals surface area contributed by atoms with Crippen LogP contribution in [0.1, 0.15) is 25.0 Å². The average Bonchev–Trinajstić information content (AvgIpc) is 2.69. The molecule has 0 spiro atoms. The van der Waals surface area contributed by atoms with E-state index in [1.807, 2.05) is 36.1 Å². The number of nitrogen functional groups attached to an aromatic ring is 1. The minimum atomic E-state index is 0.119. The van der Waals surface area contributed by atoms with Gasteiger partial charge in [0.2, 0.25) is 5.91 Å². The van der Waals surface area contributed by atoms with E-state index in [4.69, 9.17) is 17.3 Å². The van der Waals surface area contributed by atoms with E-state index >= 15 is 0 Å². The van der Waals surface area contributed by atoms with E-state index in [1.54, 1.807) is 0 Å². The lowest BCUT2D eigenvalue weighted by Gasteiger charge is -2.41. The van der Waals surface area contributed by atoms with Gasteiger partial charge < -0.3 is 20.9 Å². The molecule has 0 aromatic heterocycles. The molecule has 1 saturated heterocycles. The summed E-state index contributed by atoms with van der Waals surface area (Å²) in [5.74, 6) is 0.119. The molecule has 0 radical (unpaired) electrons. The van der Waals surface area contributed by atoms with E-state index in [2.05, 4.69) is 36.2 Å². The molecule has 2 aromatic rings. The summed E-state index contributed by atoms with van der Waals surface area (Å²) in [6.07, 6.45) is 0.874. The predicted molar refractivity (Wildman–Crippen MR) is 118 cm³/mol. The molecule has 2 aromatic carbocycles. The quantitative estimate of drug-likeness (QED) is 0.746. The predicted octanol–water partition coefficient (Wildman–Crippen LogP) is 3.94. The van der Waals surface area contributed by atoms with Crippen molar-refractivity contribution in [1.29, 1.82) is 0 Å². The zero-order valence-corrected chi connectivity index (χ0v) is 17.6. The maximum atomic E-state index is 12.7. The molecule has 1 aliphatic heterocycles. The second kappa shape index (κ2) is 8.74. The highest BCUT2D eigenvalue weighted by Crippen LogP contribution is 2.26. The summed E-state index contributed by atoms with van der Waals surface area (Å²) >= 11 is 6.15. The van der Waals surface area contributed by atoms with Crippen molar-refractivity contribution in [1.82, 2.24) is 4.90 Å². The second-order valence-electron chi connectivity index (χ2n) is 7.44. The summed E-state index contributed by atoms with van der Waals surface area (Å²) in [6, 6.07) is 12.2. The fourth-order valence-electron chi connectivity index (χ4n) is 3.69. The molecular weight excluding hydrogens is 372 g/mol. The number of anilines is 3. The number of aryl methyl sites for hydroxylation is 2. The van der Waals surface area contributed by atoms with E-state index in [1.165, 1.54) is 0 Å². The molecule has 0 unspecified atom stereocenters. The topological polar surface area (TPSA) is 61.6 Å². The van der Waals surface area contributed by atoms with Crippen LogP contribution in [0.4, 0.5) is 17.1 Å². The van der Waals surface area contributed by atoms with Gasteiger partial charge in [0.25, 0.3) is 0 Å². The van der Waals surface area contributed by atoms with Gasteiger partial charge in [-0.15, -0.1) is 0 Å². The van der Waals surface area contributed by atoms with E-state index in [9.17, 15) is 4.79 Å². The van der Waals surface area contributed by atoms with Gasteiger partial charge in [0, 0.05) is 47.8 Å². The first-order valence-electron chi connectivity index (χ1n) is 9.82. The number of rotatable bonds is 5. The molecule has 1 heterocycles. The van der Waals surface area contributed by atoms with Crippen LogP contribution in [0.5, 0.6) is 0 Å². The summed E-state index contributed by atoms with van der Waals surface area (Å²) in [7, 11) is 0. The number of piperazine rings is 1. The highest BCUT2D eigenvalue weighted by atomic mass is 35.5. The van der Waals surface area contributed by atoms with Gasteiger partial charge in [-0.05, 0) is 67.8 Å². The first kappa shape index (κ1) is 20.3. The highest BCUT2D eigenvalue weighted by Gasteiger charge is 2.26. The van der Waals surface area contributed by atoms with Crippen molar-refractivity contribution >= 4 is 34.6 Å². The number of halogens is 1. The number of nitrogens with one attached hydrogen (secondary N) is 1. The lowest BCUT2D eigenvalue weighted by atomic mass is 10.1. The van der Waals surface area contributed by atoms with Crippen molar-refractivity contribution in [2.75, 3.05) is 42.1 Å². The van der Waals surface area contributed by atoms with Crippen molar-refractivity contribution in [3.05, 3.63) is 52.5 Å². The standard InChI is InChI=1S/C22H29ClN4O/c1-4-17-12-18(5-8-21(17)24)25-13-22(28)26-9-10-27(16(3)14-26)19-6-7-20(23)15(2)11-19/h5-8,11-12,16,25H,4,9-10,13-14,24H2,1-3H3/t16-/m1/s1. The largest absolute Gasteiger partial charge is 0.399 e. The average molecular weight is 401 g/mol. The van der Waals surface area contributed by atoms with Gasteiger partial charge in [-0.2, -0.15) is 0 Å². The minimum Gasteiger partial charge on any atom is -0.399 e. The maximum Gasteiger partial charge on any atom is 0.242 e. The van der Waals surface area contributed by atoms with Crippen LogP contribution >= 0.6 is 11.6 Å². The first-order chi connectivity index (χ1) is 13.4. The van der Waals surface area contributed by atoms with E-state index in [0.717, 1.165) is 46.2 Å². The summed E-state index contributed by atoms with van der Waals surface area (Å²) < 4.78 is 0. The summed E-state index contributed by atoms with van der Waals surface area (Å²) in [5.41, 5.74) is 11.0. The smallest absolute Gasteiger partial charge is 0.242 e. The van der Waals surface area contributed by atoms with Crippen LogP contribution in [0.25, 0.3) is 0 Å². The van der Waals surface area contributed by atoms with Crippen molar-refractivity contribution in [3.8, 4) is 0 Å². The summed E-state index contributed by atoms with van der Waals surface area (Å²) in [6.45, 7) is 8.78. The van der Waals surface area contributed by atoms with Crippen molar-refractivity contribution in [3.63, 3.8) is 0 Å². The SMILES string of the molecule is CCc1cc(NCC(=O)N2CCN(c3ccc(Cl)c(C)c3)[C@H](C)C2)ccc1N. The highest BCUT2D eigenvalue weighted by molar-refractivity contribution is 6.31. The second-order valence-corrected chi connectivity index (χ2v) is 7.84. The minimum absolute atomic E-state index is 0.119. The molecule has 1 fully saturated rings. The van der Waals surface area contributed by atoms with Crippen LogP contribution in [-0.2, 0) is 11.2 Å². The molecule has 0 saturated carbocycles. The number of nitrogens with zero attached hydrogens (tertiary/aromatic N) is 2. The summed E-state index contributed by atoms with van der Waals surface area (Å²) in [4.78, 5) is 17.0. The van der Waals surface area contributed by atoms with E-state index < -0.39 is 0 Å². The Bertz CT molecular complexity index is 854. The van der Waals surface area contributed by atoms with Gasteiger partial charge in [-0.25, -0.2) is 0 Å². The molecule has 1 atom stereocenters. The van der Waals surface area contributed by atoms with E-state index in [-0.39, 0.29) is 11.9 Å². The zero-order valence-electron chi connectivity index (χ0n) is 16.8. The van der Waals surface area contributed by atoms with Crippen molar-refractivity contribution in [2.45, 2.75) is 33.2 Å². The normalized spacial score (nSPS) is 16.9. The lowest BCUT2D eigenvalue weighted by molar-refractivity contribution is -0.130. The Morgan fingerprint density at radius 3 is 2.71 bits per heavy atom. The fourth-order valence-corrected chi connectivity index (χ4v) is 3.80. The van der Waals surface area contributed by atoms with Crippen molar-refractivity contribution < 1.29 is 4.79 Å². The molecule has 150 valence electrons. The number of carbonyl (C=O) groups is 1. The zero-order chi connectivity index (χ0) is 20.3. The van der Waals surface area contributed by atoms with Crippen LogP contribution < -0.4 is 16.0 Å². The molecular formula is C22H29ClN4O. The Morgan fingerprint density at radius 2 is 2.04 bits per heavy atom. The Morgan fingerprint density at radius 1 is 1.25 bits per heavy atom. The Balaban J connectivity index is 1.57. The number of hydrogen-bond acceptors (Lipinski definition) is 4. The third kappa shape index (κ3) is 4.53. The van der Waals surface area contributed by atoms with Crippen LogP contribution in [-0.4, -0.2) is 43.0 Å². The Labute approximate surface area is 172 Å². The maximum absolute atomic E-state index is 12.7. The third-order valence-corrected chi connectivity index (χ3v) is 5.85. The third-order valence-electron chi connectivity index (χ3n) is 5.42. The Kier molecular flexibility index (Phi) is 6.35. The molecule has 0 bridgehead atoms. The molecule has 1 aliphatic rings. The van der Waals surface area contributed by atoms with E-state index in [0.29, 0.717) is 19.6 Å². The van der Waals surface area contributed by atoms with Gasteiger partial charge in [0.05, 0.1) is 6.54 Å². The fraction of sp³-hybridized carbons (Fsp3) is 0.409. The van der Waals surface area contributed by atoms with Gasteiger partial charge in [-0.3, -0.25) is 4.79 Å². The number of carbonyl (C=O) groups excluding carboxylic acids is 1. The molecule has 1 amide bonds. The number of amides is 1. The number of benzene rings is 2. The molecule has 5 nitrogen and oxygen atoms in total. The van der Waals surface area contributed by atoms with Crippen LogP contribution in [0.15, 0.2) is 36.4 Å². The Hall–Kier alpha value is -2.40. The molecule has 0 aliphatic carbocycles. The van der Waals surface area contributed by atoms with Gasteiger partial charge in [0.15, 0.2) is 0 Å². The first-order valence-corrected chi connectivity index (χ1v) is 10.2. The monoisotopic (exact) mass is 400 g/mol. The lowest BCUT2D eigenvalue weighted by Crippen LogP contribution is -2.54. The summed E-state index contributed by atoms with van der Waals surface area (Å²) in [5, 5.41) is 4.02. The van der Waals surface area contributed by atoms with Crippen LogP contribution in [0.2, 0.25) is 5.02 Å². The van der Waals surface area contributed by atoms with Crippen molar-refractivity contribution in [2.24, 2.45) is 0 Å². The van der Waals surface area contributed by atoms with Gasteiger partial charge in [-0.1, -0.05) is 18.5 Å². The van der Waals surface area contributed by atoms with Crippen LogP contribution in [0, 0.1) is 6.92 Å². The molecule has 6 heteroatoms. The molecule has 28 heavy (non-hydrogen) atoms. The number of nitrogens with two attached hydrogens (primary N) is 1. The van der Waals surface area contributed by atoms with Gasteiger partial charge >= 0.3 is 0 Å². The molecule has 3 N–H and O–H groups in total. The molecule has 3 rings (SSSR count). The van der Waals surface area contributed by atoms with Gasteiger partial charge in [0.1, 0.15) is 0 Å².